The van der Waals surface area contributed by atoms with Crippen LogP contribution < -0.4 is 0 Å². The lowest BCUT2D eigenvalue weighted by Crippen LogP contribution is -2.37. The van der Waals surface area contributed by atoms with Crippen LogP contribution in [0.2, 0.25) is 0 Å². The van der Waals surface area contributed by atoms with Crippen LogP contribution in [-0.4, -0.2) is 11.1 Å². The molecule has 2 fully saturated rings. The summed E-state index contributed by atoms with van der Waals surface area (Å²) in [6.07, 6.45) is 7.71. The maximum Gasteiger partial charge on any atom is 0.309 e. The maximum atomic E-state index is 11.2. The zero-order valence-corrected chi connectivity index (χ0v) is 7.38. The van der Waals surface area contributed by atoms with Crippen LogP contribution in [0.25, 0.3) is 0 Å². The Hall–Kier alpha value is -0.530. The van der Waals surface area contributed by atoms with Crippen molar-refractivity contribution in [3.63, 3.8) is 0 Å². The molecular weight excluding hydrogens is 152 g/mol. The van der Waals surface area contributed by atoms with Crippen molar-refractivity contribution in [2.45, 2.75) is 44.9 Å². The van der Waals surface area contributed by atoms with Gasteiger partial charge in [0.05, 0.1) is 5.41 Å². The van der Waals surface area contributed by atoms with Crippen molar-refractivity contribution in [2.75, 3.05) is 0 Å². The fourth-order valence-corrected chi connectivity index (χ4v) is 3.11. The third-order valence-corrected chi connectivity index (χ3v) is 3.81. The van der Waals surface area contributed by atoms with Crippen LogP contribution in [0.1, 0.15) is 44.9 Å². The van der Waals surface area contributed by atoms with Crippen LogP contribution in [0.5, 0.6) is 0 Å². The molecule has 1 N–H and O–H groups in total. The smallest absolute Gasteiger partial charge is 0.309 e. The predicted molar refractivity (Wildman–Crippen MR) is 45.9 cm³/mol. The summed E-state index contributed by atoms with van der Waals surface area (Å²) in [4.78, 5) is 11.2. The molecule has 12 heavy (non-hydrogen) atoms. The first-order chi connectivity index (χ1) is 5.76. The van der Waals surface area contributed by atoms with Gasteiger partial charge in [-0.25, -0.2) is 0 Å². The highest BCUT2D eigenvalue weighted by atomic mass is 16.4. The Labute approximate surface area is 73.0 Å². The molecule has 0 radical (unpaired) electrons. The second-order valence-electron chi connectivity index (χ2n) is 4.30. The normalized spacial score (nSPS) is 40.8. The summed E-state index contributed by atoms with van der Waals surface area (Å²) in [5, 5.41) is 9.20. The molecule has 0 aromatic carbocycles. The number of aliphatic carboxylic acids is 1. The molecule has 2 saturated carbocycles. The van der Waals surface area contributed by atoms with Crippen molar-refractivity contribution in [1.82, 2.24) is 0 Å². The molecular formula is C10H16O2. The zero-order valence-electron chi connectivity index (χ0n) is 7.38. The Morgan fingerprint density at radius 3 is 2.50 bits per heavy atom. The van der Waals surface area contributed by atoms with Gasteiger partial charge in [-0.2, -0.15) is 0 Å². The third kappa shape index (κ3) is 0.970. The molecule has 2 rings (SSSR count). The van der Waals surface area contributed by atoms with Gasteiger partial charge >= 0.3 is 5.97 Å². The number of hydrogen-bond donors (Lipinski definition) is 1. The van der Waals surface area contributed by atoms with E-state index >= 15 is 0 Å². The summed E-state index contributed by atoms with van der Waals surface area (Å²) >= 11 is 0. The molecule has 0 saturated heterocycles. The average molecular weight is 168 g/mol. The van der Waals surface area contributed by atoms with Crippen molar-refractivity contribution in [3.05, 3.63) is 0 Å². The Kier molecular flexibility index (Phi) is 1.85. The summed E-state index contributed by atoms with van der Waals surface area (Å²) in [6, 6.07) is 0. The quantitative estimate of drug-likeness (QED) is 0.653. The Bertz CT molecular complexity index is 200. The molecule has 2 atom stereocenters. The molecule has 2 aliphatic rings. The standard InChI is InChI=1S/C10H16O2/c11-9(12)10-6-2-1-4-8(10)5-3-7-10/h8H,1-7H2,(H,11,12). The predicted octanol–water partition coefficient (Wildman–Crippen LogP) is 2.43. The third-order valence-electron chi connectivity index (χ3n) is 3.81. The van der Waals surface area contributed by atoms with Gasteiger partial charge in [-0.3, -0.25) is 4.79 Å². The molecule has 0 bridgehead atoms. The lowest BCUT2D eigenvalue weighted by Gasteiger charge is -2.35. The minimum absolute atomic E-state index is 0.293. The summed E-state index contributed by atoms with van der Waals surface area (Å²) in [7, 11) is 0. The Morgan fingerprint density at radius 1 is 1.17 bits per heavy atom. The highest BCUT2D eigenvalue weighted by Crippen LogP contribution is 2.52. The Morgan fingerprint density at radius 2 is 1.83 bits per heavy atom. The molecule has 2 unspecified atom stereocenters. The summed E-state index contributed by atoms with van der Waals surface area (Å²) in [5.41, 5.74) is -0.293. The number of fused-ring (bicyclic) bond motifs is 1. The summed E-state index contributed by atoms with van der Waals surface area (Å²) < 4.78 is 0. The van der Waals surface area contributed by atoms with Crippen LogP contribution in [0.4, 0.5) is 0 Å². The van der Waals surface area contributed by atoms with E-state index in [1.807, 2.05) is 0 Å². The number of carbonyl (C=O) groups is 1. The van der Waals surface area contributed by atoms with E-state index in [1.165, 1.54) is 6.42 Å². The van der Waals surface area contributed by atoms with Gasteiger partial charge in [0.2, 0.25) is 0 Å². The lowest BCUT2D eigenvalue weighted by molar-refractivity contribution is -0.153. The fraction of sp³-hybridized carbons (Fsp3) is 0.900. The van der Waals surface area contributed by atoms with Crippen LogP contribution in [0, 0.1) is 11.3 Å². The molecule has 0 aliphatic heterocycles. The number of carboxylic acid groups (broad SMARTS) is 1. The van der Waals surface area contributed by atoms with Gasteiger partial charge in [0.1, 0.15) is 0 Å². The molecule has 0 amide bonds. The van der Waals surface area contributed by atoms with E-state index in [-0.39, 0.29) is 5.41 Å². The van der Waals surface area contributed by atoms with Crippen molar-refractivity contribution in [3.8, 4) is 0 Å². The number of hydrogen-bond acceptors (Lipinski definition) is 1. The van der Waals surface area contributed by atoms with Crippen molar-refractivity contribution in [2.24, 2.45) is 11.3 Å². The molecule has 2 nitrogen and oxygen atoms in total. The second kappa shape index (κ2) is 2.75. The minimum atomic E-state index is -0.523. The van der Waals surface area contributed by atoms with Gasteiger partial charge in [-0.05, 0) is 31.6 Å². The SMILES string of the molecule is O=C(O)C12CCCCC1CCC2. The van der Waals surface area contributed by atoms with E-state index in [1.54, 1.807) is 0 Å². The molecule has 0 spiro atoms. The molecule has 2 aliphatic carbocycles. The molecule has 2 heteroatoms. The highest BCUT2D eigenvalue weighted by Gasteiger charge is 2.49. The van der Waals surface area contributed by atoms with E-state index in [2.05, 4.69) is 0 Å². The first-order valence-corrected chi connectivity index (χ1v) is 4.99. The van der Waals surface area contributed by atoms with E-state index < -0.39 is 5.97 Å². The monoisotopic (exact) mass is 168 g/mol. The van der Waals surface area contributed by atoms with Gasteiger partial charge in [0, 0.05) is 0 Å². The largest absolute Gasteiger partial charge is 0.481 e. The van der Waals surface area contributed by atoms with E-state index in [0.29, 0.717) is 5.92 Å². The van der Waals surface area contributed by atoms with Crippen molar-refractivity contribution >= 4 is 5.97 Å². The van der Waals surface area contributed by atoms with Crippen molar-refractivity contribution < 1.29 is 9.90 Å². The average Bonchev–Trinajstić information content (AvgIpc) is 2.48. The molecule has 0 heterocycles. The van der Waals surface area contributed by atoms with Gasteiger partial charge in [-0.1, -0.05) is 19.3 Å². The van der Waals surface area contributed by atoms with E-state index in [4.69, 9.17) is 0 Å². The fourth-order valence-electron chi connectivity index (χ4n) is 3.11. The van der Waals surface area contributed by atoms with Gasteiger partial charge < -0.3 is 5.11 Å². The zero-order chi connectivity index (χ0) is 8.60. The molecule has 0 aromatic rings. The lowest BCUT2D eigenvalue weighted by atomic mass is 9.68. The first kappa shape index (κ1) is 8.09. The van der Waals surface area contributed by atoms with Crippen LogP contribution in [0.15, 0.2) is 0 Å². The van der Waals surface area contributed by atoms with Crippen LogP contribution in [0.3, 0.4) is 0 Å². The maximum absolute atomic E-state index is 11.2. The Balaban J connectivity index is 2.23. The summed E-state index contributed by atoms with van der Waals surface area (Å²) in [5.74, 6) is -0.0200. The molecule has 68 valence electrons. The van der Waals surface area contributed by atoms with Gasteiger partial charge in [0.25, 0.3) is 0 Å². The summed E-state index contributed by atoms with van der Waals surface area (Å²) in [6.45, 7) is 0. The minimum Gasteiger partial charge on any atom is -0.481 e. The van der Waals surface area contributed by atoms with Crippen LogP contribution >= 0.6 is 0 Å². The number of carboxylic acids is 1. The highest BCUT2D eigenvalue weighted by molar-refractivity contribution is 5.75. The first-order valence-electron chi connectivity index (χ1n) is 4.99. The van der Waals surface area contributed by atoms with Gasteiger partial charge in [-0.15, -0.1) is 0 Å². The molecule has 0 aromatic heterocycles. The topological polar surface area (TPSA) is 37.3 Å². The van der Waals surface area contributed by atoms with Gasteiger partial charge in [0.15, 0.2) is 0 Å². The van der Waals surface area contributed by atoms with E-state index in [9.17, 15) is 9.90 Å². The van der Waals surface area contributed by atoms with E-state index in [0.717, 1.165) is 38.5 Å². The second-order valence-corrected chi connectivity index (χ2v) is 4.30. The van der Waals surface area contributed by atoms with Crippen LogP contribution in [-0.2, 0) is 4.79 Å². The number of rotatable bonds is 1. The van der Waals surface area contributed by atoms with Crippen molar-refractivity contribution in [1.29, 1.82) is 0 Å².